The molecule has 3 aromatic rings. The van der Waals surface area contributed by atoms with Gasteiger partial charge in [-0.2, -0.15) is 0 Å². The second-order valence-electron chi connectivity index (χ2n) is 5.84. The molecular weight excluding hydrogens is 314 g/mol. The van der Waals surface area contributed by atoms with Crippen LogP contribution in [0.4, 0.5) is 5.69 Å². The largest absolute Gasteiger partial charge is 0.478 e. The Morgan fingerprint density at radius 2 is 2.08 bits per heavy atom. The number of benzene rings is 1. The van der Waals surface area contributed by atoms with E-state index < -0.39 is 5.97 Å². The van der Waals surface area contributed by atoms with Crippen molar-refractivity contribution in [3.05, 3.63) is 59.9 Å². The van der Waals surface area contributed by atoms with E-state index in [0.29, 0.717) is 5.56 Å². The summed E-state index contributed by atoms with van der Waals surface area (Å²) in [7, 11) is 0. The molecule has 1 aromatic carbocycles. The first-order valence-corrected chi connectivity index (χ1v) is 8.41. The van der Waals surface area contributed by atoms with Gasteiger partial charge in [-0.15, -0.1) is 0 Å². The van der Waals surface area contributed by atoms with Crippen LogP contribution in [-0.2, 0) is 4.79 Å². The van der Waals surface area contributed by atoms with Crippen molar-refractivity contribution in [3.63, 3.8) is 0 Å². The maximum Gasteiger partial charge on any atom is 0.336 e. The van der Waals surface area contributed by atoms with Crippen molar-refractivity contribution < 1.29 is 9.90 Å². The average Bonchev–Trinajstić information content (AvgIpc) is 3.04. The lowest BCUT2D eigenvalue weighted by atomic mass is 10.0. The van der Waals surface area contributed by atoms with Crippen molar-refractivity contribution in [2.45, 2.75) is 19.8 Å². The highest BCUT2D eigenvalue weighted by Gasteiger charge is 2.13. The predicted molar refractivity (Wildman–Crippen MR) is 101 cm³/mol. The molecule has 0 saturated heterocycles. The summed E-state index contributed by atoms with van der Waals surface area (Å²) in [5.74, 6) is -0.954. The average molecular weight is 335 g/mol. The lowest BCUT2D eigenvalue weighted by molar-refractivity contribution is -0.130. The Morgan fingerprint density at radius 3 is 2.80 bits per heavy atom. The summed E-state index contributed by atoms with van der Waals surface area (Å²) in [6.45, 7) is 3.02. The second kappa shape index (κ2) is 7.66. The Kier molecular flexibility index (Phi) is 5.14. The van der Waals surface area contributed by atoms with Gasteiger partial charge in [0, 0.05) is 35.6 Å². The minimum atomic E-state index is -0.954. The van der Waals surface area contributed by atoms with Crippen molar-refractivity contribution >= 4 is 34.3 Å². The number of anilines is 1. The van der Waals surface area contributed by atoms with Crippen molar-refractivity contribution in [2.75, 3.05) is 11.9 Å². The number of rotatable bonds is 7. The molecule has 3 N–H and O–H groups in total. The fourth-order valence-corrected chi connectivity index (χ4v) is 2.78. The molecule has 5 heteroatoms. The van der Waals surface area contributed by atoms with Crippen molar-refractivity contribution in [3.8, 4) is 0 Å². The van der Waals surface area contributed by atoms with E-state index in [9.17, 15) is 9.90 Å². The maximum absolute atomic E-state index is 11.7. The van der Waals surface area contributed by atoms with E-state index in [1.807, 2.05) is 24.3 Å². The van der Waals surface area contributed by atoms with E-state index in [0.717, 1.165) is 41.7 Å². The number of fused-ring (bicyclic) bond motifs is 1. The fraction of sp³-hybridized carbons (Fsp3) is 0.200. The van der Waals surface area contributed by atoms with Crippen LogP contribution in [0.1, 0.15) is 30.9 Å². The molecule has 0 aliphatic rings. The van der Waals surface area contributed by atoms with Gasteiger partial charge < -0.3 is 15.4 Å². The Bertz CT molecular complexity index is 898. The quantitative estimate of drug-likeness (QED) is 0.442. The van der Waals surface area contributed by atoms with Crippen LogP contribution in [0.2, 0.25) is 0 Å². The monoisotopic (exact) mass is 335 g/mol. The zero-order valence-corrected chi connectivity index (χ0v) is 14.1. The third-order valence-corrected chi connectivity index (χ3v) is 4.06. The fourth-order valence-electron chi connectivity index (χ4n) is 2.78. The SMILES string of the molecule is CCCCNc1ccnc2[nH]cc(C=C(C(=O)O)c3ccccc3)c12. The lowest BCUT2D eigenvalue weighted by Crippen LogP contribution is -2.02. The number of hydrogen-bond donors (Lipinski definition) is 3. The number of unbranched alkanes of at least 4 members (excludes halogenated alkanes) is 1. The zero-order chi connectivity index (χ0) is 17.6. The molecule has 0 fully saturated rings. The van der Waals surface area contributed by atoms with Crippen LogP contribution in [0.5, 0.6) is 0 Å². The number of aliphatic carboxylic acids is 1. The molecule has 3 rings (SSSR count). The summed E-state index contributed by atoms with van der Waals surface area (Å²) < 4.78 is 0. The van der Waals surface area contributed by atoms with E-state index >= 15 is 0 Å². The third kappa shape index (κ3) is 3.71. The smallest absolute Gasteiger partial charge is 0.336 e. The number of carboxylic acid groups (broad SMARTS) is 1. The number of aromatic amines is 1. The summed E-state index contributed by atoms with van der Waals surface area (Å²) in [5, 5.41) is 14.0. The number of nitrogens with zero attached hydrogens (tertiary/aromatic N) is 1. The number of aromatic nitrogens is 2. The molecule has 0 saturated carbocycles. The van der Waals surface area contributed by atoms with E-state index in [2.05, 4.69) is 22.2 Å². The molecule has 0 radical (unpaired) electrons. The van der Waals surface area contributed by atoms with Crippen LogP contribution in [-0.4, -0.2) is 27.6 Å². The molecule has 2 aromatic heterocycles. The van der Waals surface area contributed by atoms with Gasteiger partial charge in [-0.05, 0) is 24.1 Å². The number of nitrogens with one attached hydrogen (secondary N) is 2. The maximum atomic E-state index is 11.7. The van der Waals surface area contributed by atoms with Gasteiger partial charge in [0.1, 0.15) is 5.65 Å². The molecule has 0 unspecified atom stereocenters. The van der Waals surface area contributed by atoms with Gasteiger partial charge in [-0.1, -0.05) is 43.7 Å². The van der Waals surface area contributed by atoms with E-state index in [1.54, 1.807) is 30.6 Å². The van der Waals surface area contributed by atoms with Gasteiger partial charge in [-0.25, -0.2) is 9.78 Å². The van der Waals surface area contributed by atoms with Gasteiger partial charge in [0.2, 0.25) is 0 Å². The number of carbonyl (C=O) groups is 1. The van der Waals surface area contributed by atoms with E-state index in [-0.39, 0.29) is 5.57 Å². The molecular formula is C20H21N3O2. The number of H-pyrrole nitrogens is 1. The van der Waals surface area contributed by atoms with Crippen molar-refractivity contribution in [1.29, 1.82) is 0 Å². The Balaban J connectivity index is 2.06. The summed E-state index contributed by atoms with van der Waals surface area (Å²) in [6, 6.07) is 11.1. The summed E-state index contributed by atoms with van der Waals surface area (Å²) in [6.07, 6.45) is 7.43. The van der Waals surface area contributed by atoms with Gasteiger partial charge in [-0.3, -0.25) is 0 Å². The lowest BCUT2D eigenvalue weighted by Gasteiger charge is -2.08. The number of carboxylic acids is 1. The Hall–Kier alpha value is -3.08. The highest BCUT2D eigenvalue weighted by Crippen LogP contribution is 2.29. The molecule has 0 amide bonds. The highest BCUT2D eigenvalue weighted by molar-refractivity contribution is 6.21. The van der Waals surface area contributed by atoms with Gasteiger partial charge in [0.25, 0.3) is 0 Å². The van der Waals surface area contributed by atoms with E-state index in [1.165, 1.54) is 0 Å². The van der Waals surface area contributed by atoms with Crippen LogP contribution >= 0.6 is 0 Å². The first-order chi connectivity index (χ1) is 12.2. The normalized spacial score (nSPS) is 11.6. The molecule has 0 aliphatic carbocycles. The topological polar surface area (TPSA) is 78.0 Å². The van der Waals surface area contributed by atoms with Gasteiger partial charge in [0.15, 0.2) is 0 Å². The van der Waals surface area contributed by atoms with Crippen molar-refractivity contribution in [2.24, 2.45) is 0 Å². The molecule has 0 spiro atoms. The summed E-state index contributed by atoms with van der Waals surface area (Å²) >= 11 is 0. The minimum Gasteiger partial charge on any atom is -0.478 e. The minimum absolute atomic E-state index is 0.255. The molecule has 0 bridgehead atoms. The van der Waals surface area contributed by atoms with Crippen LogP contribution in [0, 0.1) is 0 Å². The molecule has 0 aliphatic heterocycles. The van der Waals surface area contributed by atoms with Gasteiger partial charge in [0.05, 0.1) is 5.57 Å². The molecule has 25 heavy (non-hydrogen) atoms. The number of pyridine rings is 1. The summed E-state index contributed by atoms with van der Waals surface area (Å²) in [4.78, 5) is 19.2. The molecule has 0 atom stereocenters. The van der Waals surface area contributed by atoms with Crippen LogP contribution < -0.4 is 5.32 Å². The Morgan fingerprint density at radius 1 is 1.28 bits per heavy atom. The molecule has 2 heterocycles. The Labute approximate surface area is 146 Å². The first kappa shape index (κ1) is 16.8. The van der Waals surface area contributed by atoms with Crippen LogP contribution in [0.15, 0.2) is 48.8 Å². The van der Waals surface area contributed by atoms with Crippen LogP contribution in [0.25, 0.3) is 22.7 Å². The van der Waals surface area contributed by atoms with Gasteiger partial charge >= 0.3 is 5.97 Å². The highest BCUT2D eigenvalue weighted by atomic mass is 16.4. The van der Waals surface area contributed by atoms with E-state index in [4.69, 9.17) is 0 Å². The van der Waals surface area contributed by atoms with Crippen molar-refractivity contribution in [1.82, 2.24) is 9.97 Å². The molecule has 128 valence electrons. The summed E-state index contributed by atoms with van der Waals surface area (Å²) in [5.41, 5.74) is 3.44. The van der Waals surface area contributed by atoms with Crippen LogP contribution in [0.3, 0.4) is 0 Å². The molecule has 5 nitrogen and oxygen atoms in total. The predicted octanol–water partition coefficient (Wildman–Crippen LogP) is 4.40. The first-order valence-electron chi connectivity index (χ1n) is 8.41. The standard InChI is InChI=1S/C20H21N3O2/c1-2-3-10-21-17-9-11-22-19-18(17)15(13-23-19)12-16(20(24)25)14-7-5-4-6-8-14/h4-9,11-13H,2-3,10H2,1H3,(H,24,25)(H2,21,22,23). The number of hydrogen-bond acceptors (Lipinski definition) is 3. The third-order valence-electron chi connectivity index (χ3n) is 4.06. The second-order valence-corrected chi connectivity index (χ2v) is 5.84. The zero-order valence-electron chi connectivity index (χ0n) is 14.1.